The van der Waals surface area contributed by atoms with Gasteiger partial charge in [0, 0.05) is 57.6 Å². The Kier molecular flexibility index (Phi) is 6.04. The lowest BCUT2D eigenvalue weighted by Gasteiger charge is -2.34. The summed E-state index contributed by atoms with van der Waals surface area (Å²) in [5.74, 6) is 1.03. The molecule has 1 N–H and O–H groups in total. The van der Waals surface area contributed by atoms with Crippen molar-refractivity contribution in [1.82, 2.24) is 14.8 Å². The van der Waals surface area contributed by atoms with Gasteiger partial charge in [-0.1, -0.05) is 12.8 Å². The van der Waals surface area contributed by atoms with Crippen molar-refractivity contribution >= 4 is 11.7 Å². The van der Waals surface area contributed by atoms with Crippen LogP contribution in [0.3, 0.4) is 0 Å². The molecule has 0 unspecified atom stereocenters. The van der Waals surface area contributed by atoms with E-state index in [-0.39, 0.29) is 12.5 Å². The lowest BCUT2D eigenvalue weighted by Crippen LogP contribution is -2.49. The van der Waals surface area contributed by atoms with E-state index in [2.05, 4.69) is 14.8 Å². The molecule has 6 nitrogen and oxygen atoms in total. The van der Waals surface area contributed by atoms with Crippen LogP contribution >= 0.6 is 0 Å². The van der Waals surface area contributed by atoms with E-state index < -0.39 is 0 Å². The van der Waals surface area contributed by atoms with Crippen LogP contribution in [0.5, 0.6) is 0 Å². The number of piperazine rings is 1. The lowest BCUT2D eigenvalue weighted by atomic mass is 10.2. The topological polar surface area (TPSA) is 59.9 Å². The van der Waals surface area contributed by atoms with Gasteiger partial charge in [-0.25, -0.2) is 4.98 Å². The summed E-state index contributed by atoms with van der Waals surface area (Å²) in [4.78, 5) is 23.7. The van der Waals surface area contributed by atoms with Gasteiger partial charge in [0.05, 0.1) is 6.61 Å². The molecule has 132 valence electrons. The van der Waals surface area contributed by atoms with Gasteiger partial charge >= 0.3 is 0 Å². The molecule has 2 saturated heterocycles. The molecule has 0 aromatic carbocycles. The third-order valence-electron chi connectivity index (χ3n) is 5.00. The Morgan fingerprint density at radius 2 is 1.75 bits per heavy atom. The highest BCUT2D eigenvalue weighted by Crippen LogP contribution is 2.19. The number of aliphatic hydroxyl groups is 1. The first-order valence-corrected chi connectivity index (χ1v) is 9.11. The highest BCUT2D eigenvalue weighted by atomic mass is 16.3. The molecule has 6 heteroatoms. The number of nitrogens with zero attached hydrogens (tertiary/aromatic N) is 4. The number of aliphatic hydroxyl groups excluding tert-OH is 1. The Bertz CT molecular complexity index is 536. The normalized spacial score (nSPS) is 20.0. The maximum atomic E-state index is 12.8. The summed E-state index contributed by atoms with van der Waals surface area (Å²) in [7, 11) is 0. The molecule has 0 atom stereocenters. The van der Waals surface area contributed by atoms with Gasteiger partial charge in [-0.15, -0.1) is 0 Å². The number of anilines is 1. The number of amides is 1. The number of hydrogen-bond donors (Lipinski definition) is 1. The quantitative estimate of drug-likeness (QED) is 0.898. The van der Waals surface area contributed by atoms with E-state index in [0.29, 0.717) is 6.54 Å². The van der Waals surface area contributed by atoms with E-state index in [4.69, 9.17) is 5.11 Å². The van der Waals surface area contributed by atoms with Crippen molar-refractivity contribution in [1.29, 1.82) is 0 Å². The predicted octanol–water partition coefficient (Wildman–Crippen LogP) is 1.21. The molecule has 0 bridgehead atoms. The van der Waals surface area contributed by atoms with Gasteiger partial charge in [0.2, 0.25) is 0 Å². The number of aromatic nitrogens is 1. The van der Waals surface area contributed by atoms with E-state index in [1.807, 2.05) is 17.0 Å². The molecule has 1 aromatic rings. The van der Waals surface area contributed by atoms with Crippen molar-refractivity contribution in [2.24, 2.45) is 0 Å². The lowest BCUT2D eigenvalue weighted by molar-refractivity contribution is 0.0615. The molecule has 3 rings (SSSR count). The van der Waals surface area contributed by atoms with E-state index in [1.54, 1.807) is 6.20 Å². The van der Waals surface area contributed by atoms with Crippen LogP contribution in [0, 0.1) is 0 Å². The summed E-state index contributed by atoms with van der Waals surface area (Å²) >= 11 is 0. The first-order chi connectivity index (χ1) is 11.8. The Morgan fingerprint density at radius 3 is 2.42 bits per heavy atom. The molecule has 2 fully saturated rings. The van der Waals surface area contributed by atoms with Crippen LogP contribution in [0.15, 0.2) is 18.3 Å². The molecule has 24 heavy (non-hydrogen) atoms. The molecule has 0 spiro atoms. The molecule has 2 aliphatic heterocycles. The summed E-state index contributed by atoms with van der Waals surface area (Å²) in [6.07, 6.45) is 6.73. The minimum Gasteiger partial charge on any atom is -0.395 e. The van der Waals surface area contributed by atoms with Crippen molar-refractivity contribution in [3.05, 3.63) is 23.9 Å². The van der Waals surface area contributed by atoms with Crippen LogP contribution < -0.4 is 4.90 Å². The molecule has 1 amide bonds. The van der Waals surface area contributed by atoms with E-state index in [9.17, 15) is 4.79 Å². The van der Waals surface area contributed by atoms with Gasteiger partial charge in [-0.2, -0.15) is 0 Å². The van der Waals surface area contributed by atoms with Crippen molar-refractivity contribution < 1.29 is 9.90 Å². The fraction of sp³-hybridized carbons (Fsp3) is 0.667. The molecule has 0 aliphatic carbocycles. The molecule has 3 heterocycles. The number of carbonyl (C=O) groups is 1. The van der Waals surface area contributed by atoms with Crippen LogP contribution in [0.2, 0.25) is 0 Å². The summed E-state index contributed by atoms with van der Waals surface area (Å²) < 4.78 is 0. The van der Waals surface area contributed by atoms with E-state index in [1.165, 1.54) is 25.7 Å². The summed E-state index contributed by atoms with van der Waals surface area (Å²) in [5, 5.41) is 9.01. The van der Waals surface area contributed by atoms with Gasteiger partial charge in [-0.05, 0) is 25.0 Å². The van der Waals surface area contributed by atoms with Gasteiger partial charge in [0.1, 0.15) is 5.82 Å². The molecule has 0 saturated carbocycles. The van der Waals surface area contributed by atoms with Crippen LogP contribution in [-0.2, 0) is 0 Å². The van der Waals surface area contributed by atoms with Crippen LogP contribution in [0.1, 0.15) is 36.0 Å². The van der Waals surface area contributed by atoms with Crippen LogP contribution in [0.25, 0.3) is 0 Å². The zero-order valence-electron chi connectivity index (χ0n) is 14.4. The predicted molar refractivity (Wildman–Crippen MR) is 94.3 cm³/mol. The maximum absolute atomic E-state index is 12.8. The van der Waals surface area contributed by atoms with E-state index in [0.717, 1.165) is 50.6 Å². The summed E-state index contributed by atoms with van der Waals surface area (Å²) in [6.45, 7) is 6.04. The first-order valence-electron chi connectivity index (χ1n) is 9.11. The second-order valence-electron chi connectivity index (χ2n) is 6.66. The van der Waals surface area contributed by atoms with Gasteiger partial charge in [0.15, 0.2) is 0 Å². The SMILES string of the molecule is O=C(c1ccnc(N2CCCCCC2)c1)N1CCN(CCO)CC1. The number of carbonyl (C=O) groups excluding carboxylic acids is 1. The number of β-amino-alcohol motifs (C(OH)–C–C–N with tert-alkyl or cyclic N) is 1. The fourth-order valence-corrected chi connectivity index (χ4v) is 3.52. The van der Waals surface area contributed by atoms with Crippen molar-refractivity contribution in [3.8, 4) is 0 Å². The van der Waals surface area contributed by atoms with Crippen LogP contribution in [-0.4, -0.2) is 78.2 Å². The third-order valence-corrected chi connectivity index (χ3v) is 5.00. The largest absolute Gasteiger partial charge is 0.395 e. The summed E-state index contributed by atoms with van der Waals surface area (Å²) in [6, 6.07) is 3.78. The van der Waals surface area contributed by atoms with Gasteiger partial charge in [0.25, 0.3) is 5.91 Å². The van der Waals surface area contributed by atoms with E-state index >= 15 is 0 Å². The Hall–Kier alpha value is -1.66. The second-order valence-corrected chi connectivity index (χ2v) is 6.66. The zero-order chi connectivity index (χ0) is 16.8. The Morgan fingerprint density at radius 1 is 1.04 bits per heavy atom. The minimum absolute atomic E-state index is 0.0946. The minimum atomic E-state index is 0.0946. The average molecular weight is 332 g/mol. The number of rotatable bonds is 4. The molecular formula is C18H28N4O2. The zero-order valence-corrected chi connectivity index (χ0v) is 14.4. The standard InChI is InChI=1S/C18H28N4O2/c23-14-13-20-9-11-22(12-10-20)18(24)16-5-6-19-17(15-16)21-7-3-1-2-4-8-21/h5-6,15,23H,1-4,7-14H2. The Labute approximate surface area is 144 Å². The monoisotopic (exact) mass is 332 g/mol. The second kappa shape index (κ2) is 8.44. The highest BCUT2D eigenvalue weighted by Gasteiger charge is 2.22. The Balaban J connectivity index is 1.64. The first kappa shape index (κ1) is 17.2. The highest BCUT2D eigenvalue weighted by molar-refractivity contribution is 5.95. The van der Waals surface area contributed by atoms with Crippen molar-refractivity contribution in [2.45, 2.75) is 25.7 Å². The smallest absolute Gasteiger partial charge is 0.254 e. The fourth-order valence-electron chi connectivity index (χ4n) is 3.52. The molecule has 2 aliphatic rings. The summed E-state index contributed by atoms with van der Waals surface area (Å²) in [5.41, 5.74) is 0.736. The van der Waals surface area contributed by atoms with Gasteiger partial charge < -0.3 is 14.9 Å². The number of pyridine rings is 1. The molecular weight excluding hydrogens is 304 g/mol. The third kappa shape index (κ3) is 4.24. The average Bonchev–Trinajstić information content (AvgIpc) is 2.92. The molecule has 0 radical (unpaired) electrons. The number of hydrogen-bond acceptors (Lipinski definition) is 5. The maximum Gasteiger partial charge on any atom is 0.254 e. The van der Waals surface area contributed by atoms with Gasteiger partial charge in [-0.3, -0.25) is 9.69 Å². The van der Waals surface area contributed by atoms with Crippen molar-refractivity contribution in [3.63, 3.8) is 0 Å². The molecule has 1 aromatic heterocycles. The van der Waals surface area contributed by atoms with Crippen molar-refractivity contribution in [2.75, 3.05) is 57.3 Å². The van der Waals surface area contributed by atoms with Crippen LogP contribution in [0.4, 0.5) is 5.82 Å².